The van der Waals surface area contributed by atoms with Gasteiger partial charge in [-0.05, 0) is 11.8 Å². The van der Waals surface area contributed by atoms with Gasteiger partial charge >= 0.3 is 5.97 Å². The Morgan fingerprint density at radius 2 is 2.10 bits per heavy atom. The van der Waals surface area contributed by atoms with Crippen LogP contribution < -0.4 is 0 Å². The molecule has 0 amide bonds. The number of carboxylic acid groups (broad SMARTS) is 1. The third kappa shape index (κ3) is 1.06. The van der Waals surface area contributed by atoms with Gasteiger partial charge in [-0.15, -0.1) is 0 Å². The maximum Gasteiger partial charge on any atom is 0.310 e. The van der Waals surface area contributed by atoms with Crippen LogP contribution in [0.1, 0.15) is 13.8 Å². The first kappa shape index (κ1) is 7.32. The summed E-state index contributed by atoms with van der Waals surface area (Å²) in [5.41, 5.74) is 0. The van der Waals surface area contributed by atoms with E-state index in [1.165, 1.54) is 0 Å². The van der Waals surface area contributed by atoms with Crippen LogP contribution in [0.25, 0.3) is 0 Å². The molecule has 0 saturated carbocycles. The van der Waals surface area contributed by atoms with Crippen LogP contribution in [0.3, 0.4) is 0 Å². The Bertz CT molecular complexity index is 170. The SMILES string of the molecule is CC(C)[C@@H]1C=C[C@H]1C(=O)O. The van der Waals surface area contributed by atoms with E-state index in [9.17, 15) is 4.79 Å². The Balaban J connectivity index is 2.54. The van der Waals surface area contributed by atoms with Crippen LogP contribution in [0.15, 0.2) is 12.2 Å². The van der Waals surface area contributed by atoms with Crippen molar-refractivity contribution in [1.82, 2.24) is 0 Å². The highest BCUT2D eigenvalue weighted by Crippen LogP contribution is 2.31. The molecule has 0 fully saturated rings. The fourth-order valence-corrected chi connectivity index (χ4v) is 1.23. The second-order valence-corrected chi connectivity index (χ2v) is 3.07. The molecule has 1 aliphatic carbocycles. The average Bonchev–Trinajstić information content (AvgIpc) is 1.56. The predicted molar refractivity (Wildman–Crippen MR) is 38.6 cm³/mol. The number of hydrogen-bond donors (Lipinski definition) is 1. The fraction of sp³-hybridized carbons (Fsp3) is 0.625. The molecule has 0 heterocycles. The van der Waals surface area contributed by atoms with Crippen molar-refractivity contribution in [3.63, 3.8) is 0 Å². The van der Waals surface area contributed by atoms with Gasteiger partial charge in [0.1, 0.15) is 0 Å². The highest BCUT2D eigenvalue weighted by molar-refractivity contribution is 5.74. The summed E-state index contributed by atoms with van der Waals surface area (Å²) in [4.78, 5) is 10.4. The Kier molecular flexibility index (Phi) is 1.79. The van der Waals surface area contributed by atoms with Gasteiger partial charge in [0, 0.05) is 0 Å². The molecule has 0 bridgehead atoms. The van der Waals surface area contributed by atoms with Gasteiger partial charge in [0.25, 0.3) is 0 Å². The standard InChI is InChI=1S/C8H12O2/c1-5(2)6-3-4-7(6)8(9)10/h3-7H,1-2H3,(H,9,10)/t6-,7+/m0/s1. The molecule has 2 nitrogen and oxygen atoms in total. The minimum Gasteiger partial charge on any atom is -0.481 e. The number of aliphatic carboxylic acids is 1. The monoisotopic (exact) mass is 140 g/mol. The summed E-state index contributed by atoms with van der Waals surface area (Å²) < 4.78 is 0. The zero-order chi connectivity index (χ0) is 7.72. The smallest absolute Gasteiger partial charge is 0.310 e. The second-order valence-electron chi connectivity index (χ2n) is 3.07. The first-order chi connectivity index (χ1) is 4.63. The first-order valence-electron chi connectivity index (χ1n) is 3.54. The molecular formula is C8H12O2. The molecule has 1 aliphatic rings. The van der Waals surface area contributed by atoms with Crippen LogP contribution in [0.4, 0.5) is 0 Å². The van der Waals surface area contributed by atoms with Crippen molar-refractivity contribution in [3.05, 3.63) is 12.2 Å². The van der Waals surface area contributed by atoms with Gasteiger partial charge in [0.15, 0.2) is 0 Å². The summed E-state index contributed by atoms with van der Waals surface area (Å²) in [6.07, 6.45) is 3.73. The van der Waals surface area contributed by atoms with E-state index < -0.39 is 5.97 Å². The Hall–Kier alpha value is -0.790. The van der Waals surface area contributed by atoms with Crippen LogP contribution in [-0.4, -0.2) is 11.1 Å². The van der Waals surface area contributed by atoms with Crippen LogP contribution in [-0.2, 0) is 4.79 Å². The summed E-state index contributed by atoms with van der Waals surface area (Å²) in [6, 6.07) is 0. The largest absolute Gasteiger partial charge is 0.481 e. The molecule has 0 aromatic carbocycles. The molecule has 2 heteroatoms. The maximum absolute atomic E-state index is 10.4. The Labute approximate surface area is 60.6 Å². The third-order valence-corrected chi connectivity index (χ3v) is 2.01. The van der Waals surface area contributed by atoms with Gasteiger partial charge in [0.2, 0.25) is 0 Å². The van der Waals surface area contributed by atoms with Crippen LogP contribution in [0, 0.1) is 17.8 Å². The summed E-state index contributed by atoms with van der Waals surface area (Å²) in [5, 5.41) is 8.60. The van der Waals surface area contributed by atoms with Crippen LogP contribution in [0.2, 0.25) is 0 Å². The van der Waals surface area contributed by atoms with E-state index in [0.29, 0.717) is 5.92 Å². The van der Waals surface area contributed by atoms with Crippen molar-refractivity contribution in [2.75, 3.05) is 0 Å². The topological polar surface area (TPSA) is 37.3 Å². The van der Waals surface area contributed by atoms with Gasteiger partial charge in [-0.1, -0.05) is 26.0 Å². The van der Waals surface area contributed by atoms with Crippen molar-refractivity contribution in [3.8, 4) is 0 Å². The lowest BCUT2D eigenvalue weighted by molar-refractivity contribution is -0.142. The number of hydrogen-bond acceptors (Lipinski definition) is 1. The Morgan fingerprint density at radius 1 is 1.50 bits per heavy atom. The molecule has 10 heavy (non-hydrogen) atoms. The zero-order valence-corrected chi connectivity index (χ0v) is 6.24. The van der Waals surface area contributed by atoms with Crippen LogP contribution in [0.5, 0.6) is 0 Å². The quantitative estimate of drug-likeness (QED) is 0.590. The van der Waals surface area contributed by atoms with Crippen molar-refractivity contribution >= 4 is 5.97 Å². The van der Waals surface area contributed by atoms with Gasteiger partial charge in [0.05, 0.1) is 5.92 Å². The van der Waals surface area contributed by atoms with E-state index in [4.69, 9.17) is 5.11 Å². The zero-order valence-electron chi connectivity index (χ0n) is 6.24. The van der Waals surface area contributed by atoms with E-state index in [-0.39, 0.29) is 11.8 Å². The van der Waals surface area contributed by atoms with Crippen molar-refractivity contribution in [1.29, 1.82) is 0 Å². The molecule has 0 unspecified atom stereocenters. The average molecular weight is 140 g/mol. The van der Waals surface area contributed by atoms with E-state index in [0.717, 1.165) is 0 Å². The second kappa shape index (κ2) is 2.45. The lowest BCUT2D eigenvalue weighted by Crippen LogP contribution is -2.30. The fourth-order valence-electron chi connectivity index (χ4n) is 1.23. The molecular weight excluding hydrogens is 128 g/mol. The molecule has 0 aromatic heterocycles. The lowest BCUT2D eigenvalue weighted by Gasteiger charge is -2.28. The van der Waals surface area contributed by atoms with Gasteiger partial charge < -0.3 is 5.11 Å². The highest BCUT2D eigenvalue weighted by Gasteiger charge is 2.32. The summed E-state index contributed by atoms with van der Waals surface area (Å²) >= 11 is 0. The third-order valence-electron chi connectivity index (χ3n) is 2.01. The molecule has 0 saturated heterocycles. The maximum atomic E-state index is 10.4. The van der Waals surface area contributed by atoms with Crippen LogP contribution >= 0.6 is 0 Å². The molecule has 2 atom stereocenters. The summed E-state index contributed by atoms with van der Waals surface area (Å²) in [7, 11) is 0. The molecule has 1 rings (SSSR count). The summed E-state index contributed by atoms with van der Waals surface area (Å²) in [5.74, 6) is -0.204. The van der Waals surface area contributed by atoms with Crippen molar-refractivity contribution < 1.29 is 9.90 Å². The van der Waals surface area contributed by atoms with Crippen molar-refractivity contribution in [2.24, 2.45) is 17.8 Å². The number of carbonyl (C=O) groups is 1. The normalized spacial score (nSPS) is 30.3. The van der Waals surface area contributed by atoms with E-state index in [2.05, 4.69) is 0 Å². The van der Waals surface area contributed by atoms with E-state index >= 15 is 0 Å². The van der Waals surface area contributed by atoms with Gasteiger partial charge in [-0.2, -0.15) is 0 Å². The molecule has 0 aromatic rings. The van der Waals surface area contributed by atoms with E-state index in [1.54, 1.807) is 6.08 Å². The predicted octanol–water partition coefficient (Wildman–Crippen LogP) is 1.53. The highest BCUT2D eigenvalue weighted by atomic mass is 16.4. The minimum absolute atomic E-state index is 0.222. The summed E-state index contributed by atoms with van der Waals surface area (Å²) in [6.45, 7) is 4.09. The molecule has 56 valence electrons. The van der Waals surface area contributed by atoms with E-state index in [1.807, 2.05) is 19.9 Å². The molecule has 0 spiro atoms. The Morgan fingerprint density at radius 3 is 2.20 bits per heavy atom. The minimum atomic E-state index is -0.693. The lowest BCUT2D eigenvalue weighted by atomic mass is 9.75. The number of carboxylic acids is 1. The number of allylic oxidation sites excluding steroid dienone is 1. The first-order valence-corrected chi connectivity index (χ1v) is 3.54. The molecule has 0 aliphatic heterocycles. The van der Waals surface area contributed by atoms with Gasteiger partial charge in [-0.25, -0.2) is 0 Å². The molecule has 0 radical (unpaired) electrons. The number of rotatable bonds is 2. The van der Waals surface area contributed by atoms with Gasteiger partial charge in [-0.3, -0.25) is 4.79 Å². The van der Waals surface area contributed by atoms with Crippen molar-refractivity contribution in [2.45, 2.75) is 13.8 Å². The molecule has 1 N–H and O–H groups in total.